The molecule has 0 saturated heterocycles. The van der Waals surface area contributed by atoms with Crippen molar-refractivity contribution in [2.75, 3.05) is 7.11 Å². The van der Waals surface area contributed by atoms with Crippen LogP contribution in [-0.2, 0) is 16.8 Å². The highest BCUT2D eigenvalue weighted by molar-refractivity contribution is 7.81. The van der Waals surface area contributed by atoms with Crippen molar-refractivity contribution in [2.45, 2.75) is 13.3 Å². The molecule has 5 nitrogen and oxygen atoms in total. The Kier molecular flexibility index (Phi) is 3.54. The molecule has 0 bridgehead atoms. The Balaban J connectivity index is 3.08. The van der Waals surface area contributed by atoms with Crippen molar-refractivity contribution in [3.8, 4) is 11.5 Å². The Morgan fingerprint density at radius 1 is 1.33 bits per heavy atom. The molecule has 1 N–H and O–H groups in total. The summed E-state index contributed by atoms with van der Waals surface area (Å²) in [5, 5.41) is 0. The van der Waals surface area contributed by atoms with E-state index in [0.717, 1.165) is 12.0 Å². The largest absolute Gasteiger partial charge is 0.493 e. The summed E-state index contributed by atoms with van der Waals surface area (Å²) in [6.07, 6.45) is 0.794. The molecule has 0 amide bonds. The standard InChI is InChI=1S/C9H12O5S/c1-3-7-4-5-8(9(6-7)13-2)14-15(10,11)12/h4-6H,3H2,1-2H3,(H,10,11,12). The van der Waals surface area contributed by atoms with Crippen LogP contribution in [0.15, 0.2) is 18.2 Å². The lowest BCUT2D eigenvalue weighted by atomic mass is 10.1. The summed E-state index contributed by atoms with van der Waals surface area (Å²) >= 11 is 0. The van der Waals surface area contributed by atoms with Gasteiger partial charge in [-0.2, -0.15) is 8.42 Å². The second-order valence-corrected chi connectivity index (χ2v) is 3.87. The predicted molar refractivity (Wildman–Crippen MR) is 54.5 cm³/mol. The van der Waals surface area contributed by atoms with Crippen LogP contribution in [0.5, 0.6) is 11.5 Å². The maximum absolute atomic E-state index is 10.5. The van der Waals surface area contributed by atoms with Crippen LogP contribution in [0, 0.1) is 0 Å². The SMILES string of the molecule is CCc1ccc(OS(=O)(=O)O)c(OC)c1. The fraction of sp³-hybridized carbons (Fsp3) is 0.333. The quantitative estimate of drug-likeness (QED) is 0.795. The summed E-state index contributed by atoms with van der Waals surface area (Å²) in [4.78, 5) is 0. The first-order valence-corrected chi connectivity index (χ1v) is 5.66. The molecule has 15 heavy (non-hydrogen) atoms. The molecule has 1 rings (SSSR count). The van der Waals surface area contributed by atoms with Gasteiger partial charge in [0.05, 0.1) is 7.11 Å². The molecule has 0 atom stereocenters. The van der Waals surface area contributed by atoms with Crippen molar-refractivity contribution in [1.82, 2.24) is 0 Å². The van der Waals surface area contributed by atoms with E-state index in [1.165, 1.54) is 13.2 Å². The van der Waals surface area contributed by atoms with Gasteiger partial charge in [-0.1, -0.05) is 13.0 Å². The molecule has 0 aromatic heterocycles. The van der Waals surface area contributed by atoms with Crippen molar-refractivity contribution in [1.29, 1.82) is 0 Å². The molecule has 6 heteroatoms. The number of benzene rings is 1. The van der Waals surface area contributed by atoms with Gasteiger partial charge in [-0.25, -0.2) is 0 Å². The second kappa shape index (κ2) is 4.50. The van der Waals surface area contributed by atoms with Crippen LogP contribution in [0.4, 0.5) is 0 Å². The number of rotatable bonds is 4. The van der Waals surface area contributed by atoms with Gasteiger partial charge in [0.2, 0.25) is 0 Å². The molecule has 0 fully saturated rings. The van der Waals surface area contributed by atoms with E-state index in [0.29, 0.717) is 0 Å². The highest BCUT2D eigenvalue weighted by Gasteiger charge is 2.12. The Labute approximate surface area is 88.6 Å². The van der Waals surface area contributed by atoms with Gasteiger partial charge in [-0.3, -0.25) is 4.55 Å². The average Bonchev–Trinajstić information content (AvgIpc) is 2.16. The average molecular weight is 232 g/mol. The van der Waals surface area contributed by atoms with Gasteiger partial charge in [0.25, 0.3) is 0 Å². The molecule has 0 saturated carbocycles. The Morgan fingerprint density at radius 3 is 2.47 bits per heavy atom. The molecule has 0 unspecified atom stereocenters. The van der Waals surface area contributed by atoms with Gasteiger partial charge in [0, 0.05) is 0 Å². The van der Waals surface area contributed by atoms with Gasteiger partial charge in [-0.05, 0) is 24.1 Å². The summed E-state index contributed by atoms with van der Waals surface area (Å²) in [5.41, 5.74) is 0.981. The highest BCUT2D eigenvalue weighted by atomic mass is 32.3. The molecular formula is C9H12O5S. The van der Waals surface area contributed by atoms with Crippen molar-refractivity contribution >= 4 is 10.4 Å². The summed E-state index contributed by atoms with van der Waals surface area (Å²) < 4.78 is 38.8. The molecule has 0 aliphatic carbocycles. The van der Waals surface area contributed by atoms with Crippen LogP contribution in [0.25, 0.3) is 0 Å². The monoisotopic (exact) mass is 232 g/mol. The van der Waals surface area contributed by atoms with E-state index in [9.17, 15) is 8.42 Å². The van der Waals surface area contributed by atoms with Crippen LogP contribution in [0.2, 0.25) is 0 Å². The number of ether oxygens (including phenoxy) is 1. The number of hydrogen-bond donors (Lipinski definition) is 1. The van der Waals surface area contributed by atoms with Gasteiger partial charge >= 0.3 is 10.4 Å². The molecule has 0 radical (unpaired) electrons. The normalized spacial score (nSPS) is 11.1. The summed E-state index contributed by atoms with van der Waals surface area (Å²) in [5.74, 6) is 0.240. The first-order chi connectivity index (χ1) is 6.96. The third-order valence-electron chi connectivity index (χ3n) is 1.83. The Hall–Kier alpha value is -1.27. The second-order valence-electron chi connectivity index (χ2n) is 2.85. The lowest BCUT2D eigenvalue weighted by Crippen LogP contribution is -2.07. The van der Waals surface area contributed by atoms with E-state index in [-0.39, 0.29) is 11.5 Å². The maximum atomic E-state index is 10.5. The first-order valence-electron chi connectivity index (χ1n) is 4.30. The molecule has 0 heterocycles. The maximum Gasteiger partial charge on any atom is 0.446 e. The third-order valence-corrected chi connectivity index (χ3v) is 2.22. The Bertz CT molecular complexity index is 438. The molecule has 1 aromatic rings. The van der Waals surface area contributed by atoms with E-state index >= 15 is 0 Å². The van der Waals surface area contributed by atoms with Crippen molar-refractivity contribution < 1.29 is 21.9 Å². The van der Waals surface area contributed by atoms with E-state index < -0.39 is 10.4 Å². The molecule has 0 spiro atoms. The van der Waals surface area contributed by atoms with Crippen molar-refractivity contribution in [2.24, 2.45) is 0 Å². The molecule has 0 aliphatic rings. The van der Waals surface area contributed by atoms with E-state index in [2.05, 4.69) is 4.18 Å². The van der Waals surface area contributed by atoms with Crippen LogP contribution < -0.4 is 8.92 Å². The van der Waals surface area contributed by atoms with Crippen LogP contribution in [-0.4, -0.2) is 20.1 Å². The van der Waals surface area contributed by atoms with Crippen molar-refractivity contribution in [3.05, 3.63) is 23.8 Å². The summed E-state index contributed by atoms with van der Waals surface area (Å²) in [6, 6.07) is 4.79. The topological polar surface area (TPSA) is 72.8 Å². The van der Waals surface area contributed by atoms with Gasteiger partial charge in [0.1, 0.15) is 0 Å². The lowest BCUT2D eigenvalue weighted by molar-refractivity contribution is 0.360. The zero-order chi connectivity index (χ0) is 11.5. The first kappa shape index (κ1) is 11.8. The third kappa shape index (κ3) is 3.41. The van der Waals surface area contributed by atoms with Crippen LogP contribution >= 0.6 is 0 Å². The van der Waals surface area contributed by atoms with Gasteiger partial charge in [-0.15, -0.1) is 0 Å². The summed E-state index contributed by atoms with van der Waals surface area (Å²) in [6.45, 7) is 1.96. The van der Waals surface area contributed by atoms with E-state index in [1.54, 1.807) is 12.1 Å². The molecule has 84 valence electrons. The lowest BCUT2D eigenvalue weighted by Gasteiger charge is -2.08. The van der Waals surface area contributed by atoms with Gasteiger partial charge < -0.3 is 8.92 Å². The van der Waals surface area contributed by atoms with Crippen LogP contribution in [0.1, 0.15) is 12.5 Å². The Morgan fingerprint density at radius 2 is 2.00 bits per heavy atom. The number of hydrogen-bond acceptors (Lipinski definition) is 4. The zero-order valence-corrected chi connectivity index (χ0v) is 9.24. The smallest absolute Gasteiger partial charge is 0.446 e. The minimum Gasteiger partial charge on any atom is -0.493 e. The van der Waals surface area contributed by atoms with Crippen LogP contribution in [0.3, 0.4) is 0 Å². The zero-order valence-electron chi connectivity index (χ0n) is 8.43. The molecular weight excluding hydrogens is 220 g/mol. The van der Waals surface area contributed by atoms with E-state index in [4.69, 9.17) is 9.29 Å². The summed E-state index contributed by atoms with van der Waals surface area (Å²) in [7, 11) is -3.11. The minimum absolute atomic E-state index is 0.0304. The predicted octanol–water partition coefficient (Wildman–Crippen LogP) is 1.44. The fourth-order valence-electron chi connectivity index (χ4n) is 1.11. The van der Waals surface area contributed by atoms with E-state index in [1.807, 2.05) is 6.92 Å². The number of aryl methyl sites for hydroxylation is 1. The number of methoxy groups -OCH3 is 1. The molecule has 0 aliphatic heterocycles. The van der Waals surface area contributed by atoms with Crippen molar-refractivity contribution in [3.63, 3.8) is 0 Å². The molecule has 1 aromatic carbocycles. The fourth-order valence-corrected chi connectivity index (χ4v) is 1.48. The van der Waals surface area contributed by atoms with Gasteiger partial charge in [0.15, 0.2) is 11.5 Å². The minimum atomic E-state index is -4.51. The highest BCUT2D eigenvalue weighted by Crippen LogP contribution is 2.29.